The molecule has 1 heterocycles. The second kappa shape index (κ2) is 6.11. The number of furan rings is 1. The van der Waals surface area contributed by atoms with Gasteiger partial charge < -0.3 is 4.42 Å². The molecule has 0 unspecified atom stereocenters. The van der Waals surface area contributed by atoms with Gasteiger partial charge in [0.2, 0.25) is 0 Å². The van der Waals surface area contributed by atoms with Crippen molar-refractivity contribution >= 4 is 65.0 Å². The van der Waals surface area contributed by atoms with E-state index in [9.17, 15) is 0 Å². The van der Waals surface area contributed by atoms with Gasteiger partial charge in [-0.1, -0.05) is 78.9 Å². The van der Waals surface area contributed by atoms with Crippen LogP contribution in [-0.4, -0.2) is 0 Å². The normalized spacial score (nSPS) is 12.2. The quantitative estimate of drug-likeness (QED) is 0.242. The Bertz CT molecular complexity index is 1960. The second-order valence-corrected chi connectivity index (χ2v) is 8.98. The molecule has 0 aliphatic rings. The van der Waals surface area contributed by atoms with Gasteiger partial charge in [0.05, 0.1) is 0 Å². The summed E-state index contributed by atoms with van der Waals surface area (Å²) in [7, 11) is 0. The monoisotopic (exact) mass is 418 g/mol. The molecule has 1 heteroatoms. The van der Waals surface area contributed by atoms with Gasteiger partial charge >= 0.3 is 0 Å². The Balaban J connectivity index is 1.43. The summed E-state index contributed by atoms with van der Waals surface area (Å²) < 4.78 is 6.21. The van der Waals surface area contributed by atoms with Crippen molar-refractivity contribution in [3.63, 3.8) is 0 Å². The zero-order valence-electron chi connectivity index (χ0n) is 17.8. The summed E-state index contributed by atoms with van der Waals surface area (Å²) in [5, 5.41) is 12.7. The van der Waals surface area contributed by atoms with Crippen LogP contribution in [0, 0.1) is 0 Å². The zero-order valence-corrected chi connectivity index (χ0v) is 17.8. The lowest BCUT2D eigenvalue weighted by atomic mass is 9.91. The second-order valence-electron chi connectivity index (χ2n) is 8.98. The summed E-state index contributed by atoms with van der Waals surface area (Å²) in [4.78, 5) is 0. The molecule has 0 aliphatic carbocycles. The lowest BCUT2D eigenvalue weighted by Crippen LogP contribution is -1.86. The van der Waals surface area contributed by atoms with Gasteiger partial charge in [-0.3, -0.25) is 0 Å². The fourth-order valence-corrected chi connectivity index (χ4v) is 5.65. The minimum atomic E-state index is 0.933. The van der Waals surface area contributed by atoms with E-state index in [1.54, 1.807) is 0 Å². The van der Waals surface area contributed by atoms with Gasteiger partial charge in [0.15, 0.2) is 0 Å². The predicted octanol–water partition coefficient (Wildman–Crippen LogP) is 9.30. The first-order chi connectivity index (χ1) is 16.3. The number of hydrogen-bond donors (Lipinski definition) is 0. The largest absolute Gasteiger partial charge is 0.456 e. The summed E-state index contributed by atoms with van der Waals surface area (Å²) in [5.41, 5.74) is 4.32. The van der Waals surface area contributed by atoms with E-state index >= 15 is 0 Å². The standard InChI is InChI=1S/C32H18O/c1-2-7-26-19(4-1)12-15-29-32(26)27-18-22(13-14-28(27)33-29)25-16-23-10-8-20-5-3-6-21-9-11-24(17-25)31(23)30(20)21/h1-18H. The van der Waals surface area contributed by atoms with E-state index in [0.717, 1.165) is 11.2 Å². The third-order valence-corrected chi connectivity index (χ3v) is 7.16. The molecule has 7 aromatic carbocycles. The highest BCUT2D eigenvalue weighted by Gasteiger charge is 2.13. The maximum absolute atomic E-state index is 6.21. The molecular formula is C32H18O. The van der Waals surface area contributed by atoms with Gasteiger partial charge in [-0.2, -0.15) is 0 Å². The summed E-state index contributed by atoms with van der Waals surface area (Å²) in [6, 6.07) is 39.6. The number of benzene rings is 7. The Labute approximate surface area is 189 Å². The van der Waals surface area contributed by atoms with Gasteiger partial charge in [-0.15, -0.1) is 0 Å². The highest BCUT2D eigenvalue weighted by atomic mass is 16.3. The average Bonchev–Trinajstić information content (AvgIpc) is 3.25. The summed E-state index contributed by atoms with van der Waals surface area (Å²) in [6.45, 7) is 0. The minimum absolute atomic E-state index is 0.933. The first-order valence-corrected chi connectivity index (χ1v) is 11.4. The maximum Gasteiger partial charge on any atom is 0.136 e. The molecule has 1 nitrogen and oxygen atoms in total. The first kappa shape index (κ1) is 17.2. The van der Waals surface area contributed by atoms with Crippen molar-refractivity contribution in [1.82, 2.24) is 0 Å². The van der Waals surface area contributed by atoms with Crippen LogP contribution in [0.3, 0.4) is 0 Å². The van der Waals surface area contributed by atoms with Gasteiger partial charge in [0, 0.05) is 10.8 Å². The van der Waals surface area contributed by atoms with Crippen LogP contribution in [0.2, 0.25) is 0 Å². The molecule has 0 atom stereocenters. The van der Waals surface area contributed by atoms with Crippen molar-refractivity contribution < 1.29 is 4.42 Å². The minimum Gasteiger partial charge on any atom is -0.456 e. The van der Waals surface area contributed by atoms with Crippen LogP contribution < -0.4 is 0 Å². The molecule has 152 valence electrons. The highest BCUT2D eigenvalue weighted by molar-refractivity contribution is 6.24. The van der Waals surface area contributed by atoms with Crippen molar-refractivity contribution in [1.29, 1.82) is 0 Å². The molecule has 0 spiro atoms. The van der Waals surface area contributed by atoms with Gasteiger partial charge in [0.1, 0.15) is 11.2 Å². The molecule has 0 N–H and O–H groups in total. The molecule has 1 aromatic heterocycles. The molecule has 33 heavy (non-hydrogen) atoms. The van der Waals surface area contributed by atoms with Crippen LogP contribution in [0.4, 0.5) is 0 Å². The molecule has 0 fully saturated rings. The van der Waals surface area contributed by atoms with Crippen molar-refractivity contribution in [3.05, 3.63) is 109 Å². The van der Waals surface area contributed by atoms with E-state index in [0.29, 0.717) is 0 Å². The summed E-state index contributed by atoms with van der Waals surface area (Å²) in [5.74, 6) is 0. The van der Waals surface area contributed by atoms with Gasteiger partial charge in [-0.05, 0) is 84.5 Å². The molecule has 0 radical (unpaired) electrons. The van der Waals surface area contributed by atoms with Crippen LogP contribution in [0.25, 0.3) is 76.2 Å². The van der Waals surface area contributed by atoms with Crippen LogP contribution in [0.5, 0.6) is 0 Å². The number of rotatable bonds is 1. The van der Waals surface area contributed by atoms with E-state index in [1.165, 1.54) is 65.0 Å². The van der Waals surface area contributed by atoms with Crippen LogP contribution in [0.15, 0.2) is 114 Å². The summed E-state index contributed by atoms with van der Waals surface area (Å²) in [6.07, 6.45) is 0. The Morgan fingerprint density at radius 1 is 0.364 bits per heavy atom. The van der Waals surface area contributed by atoms with Gasteiger partial charge in [-0.25, -0.2) is 0 Å². The van der Waals surface area contributed by atoms with E-state index in [4.69, 9.17) is 4.42 Å². The van der Waals surface area contributed by atoms with Crippen molar-refractivity contribution in [2.45, 2.75) is 0 Å². The molecule has 0 bridgehead atoms. The average molecular weight is 418 g/mol. The molecule has 8 aromatic rings. The summed E-state index contributed by atoms with van der Waals surface area (Å²) >= 11 is 0. The molecular weight excluding hydrogens is 400 g/mol. The van der Waals surface area contributed by atoms with E-state index in [2.05, 4.69) is 109 Å². The Kier molecular flexibility index (Phi) is 3.19. The van der Waals surface area contributed by atoms with E-state index < -0.39 is 0 Å². The third-order valence-electron chi connectivity index (χ3n) is 7.16. The zero-order chi connectivity index (χ0) is 21.5. The Morgan fingerprint density at radius 3 is 1.82 bits per heavy atom. The van der Waals surface area contributed by atoms with Crippen molar-refractivity contribution in [2.75, 3.05) is 0 Å². The highest BCUT2D eigenvalue weighted by Crippen LogP contribution is 2.40. The van der Waals surface area contributed by atoms with E-state index in [-0.39, 0.29) is 0 Å². The Morgan fingerprint density at radius 2 is 1.00 bits per heavy atom. The van der Waals surface area contributed by atoms with Crippen molar-refractivity contribution in [3.8, 4) is 11.1 Å². The van der Waals surface area contributed by atoms with Gasteiger partial charge in [0.25, 0.3) is 0 Å². The molecule has 0 aliphatic heterocycles. The fourth-order valence-electron chi connectivity index (χ4n) is 5.65. The van der Waals surface area contributed by atoms with Crippen LogP contribution in [0.1, 0.15) is 0 Å². The molecule has 0 amide bonds. The lowest BCUT2D eigenvalue weighted by molar-refractivity contribution is 0.669. The fraction of sp³-hybridized carbons (Fsp3) is 0. The SMILES string of the molecule is c1ccc2c(c1)ccc1oc3ccc(-c4cc5ccc6cccc7ccc(c4)c5c67)cc3c12. The van der Waals surface area contributed by atoms with Crippen molar-refractivity contribution in [2.24, 2.45) is 0 Å². The lowest BCUT2D eigenvalue weighted by Gasteiger charge is -2.12. The predicted molar refractivity (Wildman–Crippen MR) is 140 cm³/mol. The number of hydrogen-bond acceptors (Lipinski definition) is 1. The third kappa shape index (κ3) is 2.31. The molecule has 0 saturated carbocycles. The smallest absolute Gasteiger partial charge is 0.136 e. The molecule has 0 saturated heterocycles. The molecule has 8 rings (SSSR count). The topological polar surface area (TPSA) is 13.1 Å². The van der Waals surface area contributed by atoms with Crippen LogP contribution >= 0.6 is 0 Å². The number of fused-ring (bicyclic) bond motifs is 5. The maximum atomic E-state index is 6.21. The first-order valence-electron chi connectivity index (χ1n) is 11.4. The Hall–Kier alpha value is -4.36. The van der Waals surface area contributed by atoms with Crippen LogP contribution in [-0.2, 0) is 0 Å². The van der Waals surface area contributed by atoms with E-state index in [1.807, 2.05) is 0 Å².